The first-order chi connectivity index (χ1) is 8.09. The van der Waals surface area contributed by atoms with Crippen molar-refractivity contribution in [3.05, 3.63) is 29.6 Å². The minimum Gasteiger partial charge on any atom is -0.507 e. The van der Waals surface area contributed by atoms with Crippen molar-refractivity contribution in [2.45, 2.75) is 17.7 Å². The van der Waals surface area contributed by atoms with Crippen molar-refractivity contribution in [3.63, 3.8) is 0 Å². The fourth-order valence-corrected chi connectivity index (χ4v) is 2.34. The Labute approximate surface area is 107 Å². The molecule has 0 radical (unpaired) electrons. The lowest BCUT2D eigenvalue weighted by molar-refractivity contribution is 0.0720. The molecule has 3 nitrogen and oxygen atoms in total. The molecule has 0 unspecified atom stereocenters. The topological polar surface area (TPSA) is 40.5 Å². The Balaban J connectivity index is 2.20. The maximum atomic E-state index is 13.5. The minimum atomic E-state index is -0.670. The van der Waals surface area contributed by atoms with Gasteiger partial charge in [-0.15, -0.1) is 0 Å². The normalized spacial score (nSPS) is 17.2. The molecule has 0 aromatic heterocycles. The zero-order valence-electron chi connectivity index (χ0n) is 9.20. The number of phenols is 1. The van der Waals surface area contributed by atoms with Crippen LogP contribution in [0.25, 0.3) is 0 Å². The highest BCUT2D eigenvalue weighted by Gasteiger charge is 2.26. The van der Waals surface area contributed by atoms with Crippen LogP contribution in [0.15, 0.2) is 18.2 Å². The second-order valence-corrected chi connectivity index (χ2v) is 5.40. The van der Waals surface area contributed by atoms with Gasteiger partial charge in [0.1, 0.15) is 17.1 Å². The number of phenolic OH excluding ortho intramolecular Hbond substituents is 1. The zero-order chi connectivity index (χ0) is 12.4. The number of nitrogens with zero attached hydrogens (tertiary/aromatic N) is 1. The van der Waals surface area contributed by atoms with E-state index >= 15 is 0 Å². The minimum absolute atomic E-state index is 0.222. The van der Waals surface area contributed by atoms with Crippen molar-refractivity contribution in [2.75, 3.05) is 13.1 Å². The molecular formula is C12H13BrFNO2. The van der Waals surface area contributed by atoms with Crippen LogP contribution in [0.2, 0.25) is 0 Å². The van der Waals surface area contributed by atoms with Crippen LogP contribution in [-0.4, -0.2) is 33.8 Å². The van der Waals surface area contributed by atoms with Gasteiger partial charge in [-0.2, -0.15) is 0 Å². The molecule has 92 valence electrons. The SMILES string of the molecule is O=C(c1c(O)cccc1F)N1CCC(Br)CC1. The summed E-state index contributed by atoms with van der Waals surface area (Å²) < 4.78 is 13.5. The first-order valence-electron chi connectivity index (χ1n) is 5.50. The van der Waals surface area contributed by atoms with Crippen LogP contribution in [0.3, 0.4) is 0 Å². The fraction of sp³-hybridized carbons (Fsp3) is 0.417. The molecule has 1 N–H and O–H groups in total. The Morgan fingerprint density at radius 1 is 1.41 bits per heavy atom. The summed E-state index contributed by atoms with van der Waals surface area (Å²) in [6.07, 6.45) is 1.70. The average Bonchev–Trinajstić information content (AvgIpc) is 2.29. The Bertz CT molecular complexity index is 410. The molecule has 1 heterocycles. The molecule has 1 aliphatic rings. The number of benzene rings is 1. The molecule has 1 fully saturated rings. The number of hydrogen-bond donors (Lipinski definition) is 1. The van der Waals surface area contributed by atoms with Gasteiger partial charge >= 0.3 is 0 Å². The summed E-state index contributed by atoms with van der Waals surface area (Å²) in [6, 6.07) is 3.89. The van der Waals surface area contributed by atoms with Gasteiger partial charge in [-0.25, -0.2) is 4.39 Å². The molecule has 1 aromatic carbocycles. The van der Waals surface area contributed by atoms with E-state index in [-0.39, 0.29) is 11.3 Å². The molecule has 1 aromatic rings. The van der Waals surface area contributed by atoms with Gasteiger partial charge in [0.15, 0.2) is 0 Å². The third kappa shape index (κ3) is 2.60. The number of aromatic hydroxyl groups is 1. The van der Waals surface area contributed by atoms with E-state index in [4.69, 9.17) is 0 Å². The number of amides is 1. The van der Waals surface area contributed by atoms with Gasteiger partial charge < -0.3 is 10.0 Å². The van der Waals surface area contributed by atoms with Gasteiger partial charge in [0.2, 0.25) is 0 Å². The van der Waals surface area contributed by atoms with E-state index in [9.17, 15) is 14.3 Å². The van der Waals surface area contributed by atoms with E-state index in [2.05, 4.69) is 15.9 Å². The molecular weight excluding hydrogens is 289 g/mol. The molecule has 1 amide bonds. The summed E-state index contributed by atoms with van der Waals surface area (Å²) in [6.45, 7) is 1.17. The summed E-state index contributed by atoms with van der Waals surface area (Å²) in [4.78, 5) is 14.1. The van der Waals surface area contributed by atoms with Crippen LogP contribution < -0.4 is 0 Å². The first-order valence-corrected chi connectivity index (χ1v) is 6.42. The van der Waals surface area contributed by atoms with Gasteiger partial charge in [-0.1, -0.05) is 22.0 Å². The molecule has 0 atom stereocenters. The van der Waals surface area contributed by atoms with Crippen molar-refractivity contribution in [2.24, 2.45) is 0 Å². The third-order valence-corrected chi connectivity index (χ3v) is 3.83. The molecule has 0 bridgehead atoms. The monoisotopic (exact) mass is 301 g/mol. The number of hydrogen-bond acceptors (Lipinski definition) is 2. The quantitative estimate of drug-likeness (QED) is 0.810. The second kappa shape index (κ2) is 5.04. The van der Waals surface area contributed by atoms with Gasteiger partial charge in [-0.05, 0) is 25.0 Å². The van der Waals surface area contributed by atoms with Crippen LogP contribution in [0.1, 0.15) is 23.2 Å². The summed E-state index contributed by atoms with van der Waals surface area (Å²) in [5, 5.41) is 9.55. The molecule has 0 spiro atoms. The van der Waals surface area contributed by atoms with Crippen molar-refractivity contribution >= 4 is 21.8 Å². The van der Waals surface area contributed by atoms with Crippen molar-refractivity contribution in [3.8, 4) is 5.75 Å². The van der Waals surface area contributed by atoms with E-state index in [0.717, 1.165) is 12.8 Å². The van der Waals surface area contributed by atoms with Crippen LogP contribution in [0.5, 0.6) is 5.75 Å². The fourth-order valence-electron chi connectivity index (χ4n) is 1.93. The number of halogens is 2. The molecule has 1 saturated heterocycles. The van der Waals surface area contributed by atoms with Crippen molar-refractivity contribution in [1.29, 1.82) is 0 Å². The van der Waals surface area contributed by atoms with E-state index in [0.29, 0.717) is 17.9 Å². The number of carbonyl (C=O) groups is 1. The highest BCUT2D eigenvalue weighted by molar-refractivity contribution is 9.09. The largest absolute Gasteiger partial charge is 0.507 e. The second-order valence-electron chi connectivity index (χ2n) is 4.10. The summed E-state index contributed by atoms with van der Waals surface area (Å²) in [5.41, 5.74) is -0.222. The van der Waals surface area contributed by atoms with E-state index in [1.54, 1.807) is 4.90 Å². The molecule has 0 saturated carbocycles. The molecule has 5 heteroatoms. The first kappa shape index (κ1) is 12.4. The lowest BCUT2D eigenvalue weighted by atomic mass is 10.1. The molecule has 17 heavy (non-hydrogen) atoms. The Morgan fingerprint density at radius 2 is 2.06 bits per heavy atom. The predicted octanol–water partition coefficient (Wildman–Crippen LogP) is 2.53. The van der Waals surface area contributed by atoms with Crippen LogP contribution in [-0.2, 0) is 0 Å². The maximum absolute atomic E-state index is 13.5. The number of alkyl halides is 1. The van der Waals surface area contributed by atoms with Gasteiger partial charge in [-0.3, -0.25) is 4.79 Å². The predicted molar refractivity (Wildman–Crippen MR) is 65.9 cm³/mol. The molecule has 1 aliphatic heterocycles. The standard InChI is InChI=1S/C12H13BrFNO2/c13-8-4-6-15(7-5-8)12(17)11-9(14)2-1-3-10(11)16/h1-3,8,16H,4-7H2. The lowest BCUT2D eigenvalue weighted by Crippen LogP contribution is -2.39. The van der Waals surface area contributed by atoms with Crippen molar-refractivity contribution < 1.29 is 14.3 Å². The Morgan fingerprint density at radius 3 is 2.65 bits per heavy atom. The lowest BCUT2D eigenvalue weighted by Gasteiger charge is -2.29. The summed E-state index contributed by atoms with van der Waals surface area (Å²) >= 11 is 3.49. The number of rotatable bonds is 1. The molecule has 2 rings (SSSR count). The highest BCUT2D eigenvalue weighted by Crippen LogP contribution is 2.24. The van der Waals surface area contributed by atoms with E-state index < -0.39 is 11.7 Å². The van der Waals surface area contributed by atoms with E-state index in [1.807, 2.05) is 0 Å². The van der Waals surface area contributed by atoms with Crippen LogP contribution in [0.4, 0.5) is 4.39 Å². The Hall–Kier alpha value is -1.10. The number of likely N-dealkylation sites (tertiary alicyclic amines) is 1. The summed E-state index contributed by atoms with van der Waals surface area (Å²) in [5.74, 6) is -1.40. The smallest absolute Gasteiger partial charge is 0.260 e. The van der Waals surface area contributed by atoms with Crippen LogP contribution in [0, 0.1) is 5.82 Å². The summed E-state index contributed by atoms with van der Waals surface area (Å²) in [7, 11) is 0. The van der Waals surface area contributed by atoms with Crippen molar-refractivity contribution in [1.82, 2.24) is 4.90 Å². The third-order valence-electron chi connectivity index (χ3n) is 2.92. The molecule has 0 aliphatic carbocycles. The average molecular weight is 302 g/mol. The highest BCUT2D eigenvalue weighted by atomic mass is 79.9. The number of piperidine rings is 1. The van der Waals surface area contributed by atoms with E-state index in [1.165, 1.54) is 18.2 Å². The zero-order valence-corrected chi connectivity index (χ0v) is 10.8. The van der Waals surface area contributed by atoms with Gasteiger partial charge in [0.05, 0.1) is 0 Å². The maximum Gasteiger partial charge on any atom is 0.260 e. The van der Waals surface area contributed by atoms with Gasteiger partial charge in [0, 0.05) is 17.9 Å². The number of carbonyl (C=O) groups excluding carboxylic acids is 1. The van der Waals surface area contributed by atoms with Crippen LogP contribution >= 0.6 is 15.9 Å². The Kier molecular flexibility index (Phi) is 3.66. The van der Waals surface area contributed by atoms with Gasteiger partial charge in [0.25, 0.3) is 5.91 Å².